The number of carbonyl (C=O) groups excluding carboxylic acids is 1. The second-order valence-electron chi connectivity index (χ2n) is 5.47. The van der Waals surface area contributed by atoms with E-state index in [4.69, 9.17) is 0 Å². The van der Waals surface area contributed by atoms with Crippen molar-refractivity contribution in [2.24, 2.45) is 5.92 Å². The fourth-order valence-electron chi connectivity index (χ4n) is 3.39. The minimum absolute atomic E-state index is 0.233. The van der Waals surface area contributed by atoms with Gasteiger partial charge in [-0.1, -0.05) is 6.07 Å². The number of thiophene rings is 1. The van der Waals surface area contributed by atoms with Gasteiger partial charge in [-0.15, -0.1) is 11.3 Å². The van der Waals surface area contributed by atoms with Crippen LogP contribution in [-0.2, 0) is 0 Å². The van der Waals surface area contributed by atoms with Gasteiger partial charge in [-0.25, -0.2) is 0 Å². The summed E-state index contributed by atoms with van der Waals surface area (Å²) in [6.07, 6.45) is 3.69. The normalized spacial score (nSPS) is 29.1. The molecule has 2 fully saturated rings. The summed E-state index contributed by atoms with van der Waals surface area (Å²) in [5.74, 6) is 0.915. The van der Waals surface area contributed by atoms with E-state index in [0.29, 0.717) is 12.0 Å². The van der Waals surface area contributed by atoms with E-state index < -0.39 is 0 Å². The maximum Gasteiger partial charge on any atom is 0.263 e. The van der Waals surface area contributed by atoms with Gasteiger partial charge in [-0.2, -0.15) is 0 Å². The number of nitrogens with zero attached hydrogens (tertiary/aromatic N) is 2. The minimum atomic E-state index is 0.233. The summed E-state index contributed by atoms with van der Waals surface area (Å²) in [6.45, 7) is 3.09. The first-order valence-electron chi connectivity index (χ1n) is 6.79. The molecule has 1 amide bonds. The van der Waals surface area contributed by atoms with Gasteiger partial charge in [0.25, 0.3) is 5.91 Å². The largest absolute Gasteiger partial charge is 0.338 e. The molecule has 2 unspecified atom stereocenters. The highest BCUT2D eigenvalue weighted by Gasteiger charge is 2.35. The molecule has 0 radical (unpaired) electrons. The van der Waals surface area contributed by atoms with Gasteiger partial charge in [0.15, 0.2) is 0 Å². The van der Waals surface area contributed by atoms with Crippen LogP contribution in [0.25, 0.3) is 0 Å². The highest BCUT2D eigenvalue weighted by molar-refractivity contribution is 7.12. The van der Waals surface area contributed by atoms with Gasteiger partial charge in [0.1, 0.15) is 0 Å². The maximum absolute atomic E-state index is 12.3. The lowest BCUT2D eigenvalue weighted by Gasteiger charge is -2.45. The van der Waals surface area contributed by atoms with Crippen molar-refractivity contribution in [2.45, 2.75) is 25.3 Å². The molecule has 2 atom stereocenters. The Morgan fingerprint density at radius 1 is 1.39 bits per heavy atom. The number of amides is 1. The Morgan fingerprint density at radius 3 is 3.06 bits per heavy atom. The molecule has 0 aromatic carbocycles. The Kier molecular flexibility index (Phi) is 3.39. The number of likely N-dealkylation sites (tertiary alicyclic amines) is 2. The summed E-state index contributed by atoms with van der Waals surface area (Å²) in [7, 11) is 2.23. The van der Waals surface area contributed by atoms with Crippen LogP contribution in [0.15, 0.2) is 17.5 Å². The van der Waals surface area contributed by atoms with Crippen LogP contribution >= 0.6 is 11.3 Å². The van der Waals surface area contributed by atoms with Crippen LogP contribution < -0.4 is 0 Å². The van der Waals surface area contributed by atoms with Crippen LogP contribution in [0.3, 0.4) is 0 Å². The Bertz CT molecular complexity index is 417. The zero-order valence-corrected chi connectivity index (χ0v) is 11.7. The Labute approximate surface area is 112 Å². The zero-order valence-electron chi connectivity index (χ0n) is 10.8. The van der Waals surface area contributed by atoms with E-state index in [0.717, 1.165) is 24.4 Å². The third kappa shape index (κ3) is 2.19. The highest BCUT2D eigenvalue weighted by atomic mass is 32.1. The highest BCUT2D eigenvalue weighted by Crippen LogP contribution is 2.30. The van der Waals surface area contributed by atoms with Gasteiger partial charge in [0.05, 0.1) is 4.88 Å². The quantitative estimate of drug-likeness (QED) is 0.777. The van der Waals surface area contributed by atoms with Crippen LogP contribution in [0.4, 0.5) is 0 Å². The number of rotatable bonds is 1. The monoisotopic (exact) mass is 264 g/mol. The van der Waals surface area contributed by atoms with E-state index in [2.05, 4.69) is 16.8 Å². The third-order valence-corrected chi connectivity index (χ3v) is 5.22. The number of piperidine rings is 2. The molecule has 2 saturated heterocycles. The molecule has 3 rings (SSSR count). The summed E-state index contributed by atoms with van der Waals surface area (Å²) in [6, 6.07) is 4.59. The maximum atomic E-state index is 12.3. The van der Waals surface area contributed by atoms with Crippen molar-refractivity contribution in [1.82, 2.24) is 9.80 Å². The average Bonchev–Trinajstić information content (AvgIpc) is 2.91. The van der Waals surface area contributed by atoms with Crippen molar-refractivity contribution >= 4 is 17.2 Å². The molecule has 0 aliphatic carbocycles. The van der Waals surface area contributed by atoms with Gasteiger partial charge >= 0.3 is 0 Å². The van der Waals surface area contributed by atoms with Crippen molar-refractivity contribution in [1.29, 1.82) is 0 Å². The van der Waals surface area contributed by atoms with Crippen LogP contribution in [0.1, 0.15) is 28.9 Å². The fraction of sp³-hybridized carbons (Fsp3) is 0.643. The van der Waals surface area contributed by atoms with E-state index in [-0.39, 0.29) is 5.91 Å². The predicted molar refractivity (Wildman–Crippen MR) is 74.0 cm³/mol. The molecule has 0 bridgehead atoms. The first-order chi connectivity index (χ1) is 8.75. The van der Waals surface area contributed by atoms with E-state index in [1.807, 2.05) is 17.5 Å². The molecule has 1 aromatic heterocycles. The Hall–Kier alpha value is -0.870. The van der Waals surface area contributed by atoms with E-state index in [9.17, 15) is 4.79 Å². The van der Waals surface area contributed by atoms with Gasteiger partial charge in [0.2, 0.25) is 0 Å². The van der Waals surface area contributed by atoms with Gasteiger partial charge in [-0.05, 0) is 50.2 Å². The van der Waals surface area contributed by atoms with Crippen LogP contribution in [0.2, 0.25) is 0 Å². The number of carbonyl (C=O) groups is 1. The third-order valence-electron chi connectivity index (χ3n) is 4.36. The van der Waals surface area contributed by atoms with E-state index >= 15 is 0 Å². The molecular formula is C14H20N2OS. The van der Waals surface area contributed by atoms with Gasteiger partial charge in [-0.3, -0.25) is 4.79 Å². The van der Waals surface area contributed by atoms with Crippen LogP contribution in [-0.4, -0.2) is 48.4 Å². The molecule has 0 spiro atoms. The molecule has 1 aromatic rings. The molecule has 3 nitrogen and oxygen atoms in total. The molecular weight excluding hydrogens is 244 g/mol. The summed E-state index contributed by atoms with van der Waals surface area (Å²) >= 11 is 1.55. The summed E-state index contributed by atoms with van der Waals surface area (Å²) in [4.78, 5) is 17.8. The first kappa shape index (κ1) is 12.2. The van der Waals surface area contributed by atoms with Gasteiger partial charge < -0.3 is 9.80 Å². The lowest BCUT2D eigenvalue weighted by Crippen LogP contribution is -2.53. The second-order valence-corrected chi connectivity index (χ2v) is 6.42. The smallest absolute Gasteiger partial charge is 0.263 e. The molecule has 3 heterocycles. The number of fused-ring (bicyclic) bond motifs is 1. The molecule has 2 aliphatic rings. The van der Waals surface area contributed by atoms with Crippen molar-refractivity contribution < 1.29 is 4.79 Å². The summed E-state index contributed by atoms with van der Waals surface area (Å²) in [5, 5.41) is 1.98. The molecule has 2 aliphatic heterocycles. The minimum Gasteiger partial charge on any atom is -0.338 e. The Morgan fingerprint density at radius 2 is 2.28 bits per heavy atom. The first-order valence-corrected chi connectivity index (χ1v) is 7.66. The van der Waals surface area contributed by atoms with Crippen molar-refractivity contribution in [2.75, 3.05) is 26.7 Å². The van der Waals surface area contributed by atoms with E-state index in [1.165, 1.54) is 19.4 Å². The standard InChI is InChI=1S/C14H20N2OS/c1-15-7-2-4-11-10-16(8-6-12(11)15)14(17)13-5-3-9-18-13/h3,5,9,11-12H,2,4,6-8,10H2,1H3. The molecule has 0 saturated carbocycles. The second kappa shape index (κ2) is 5.02. The van der Waals surface area contributed by atoms with Crippen LogP contribution in [0, 0.1) is 5.92 Å². The lowest BCUT2D eigenvalue weighted by molar-refractivity contribution is 0.0320. The number of hydrogen-bond donors (Lipinski definition) is 0. The average molecular weight is 264 g/mol. The lowest BCUT2D eigenvalue weighted by atomic mass is 9.84. The van der Waals surface area contributed by atoms with Crippen molar-refractivity contribution in [3.05, 3.63) is 22.4 Å². The van der Waals surface area contributed by atoms with Gasteiger partial charge in [0, 0.05) is 19.1 Å². The summed E-state index contributed by atoms with van der Waals surface area (Å²) in [5.41, 5.74) is 0. The topological polar surface area (TPSA) is 23.6 Å². The SMILES string of the molecule is CN1CCCC2CN(C(=O)c3cccs3)CCC21. The van der Waals surface area contributed by atoms with Crippen molar-refractivity contribution in [3.8, 4) is 0 Å². The predicted octanol–water partition coefficient (Wildman–Crippen LogP) is 2.30. The van der Waals surface area contributed by atoms with E-state index in [1.54, 1.807) is 11.3 Å². The number of hydrogen-bond acceptors (Lipinski definition) is 3. The molecule has 98 valence electrons. The molecule has 0 N–H and O–H groups in total. The Balaban J connectivity index is 1.69. The fourth-order valence-corrected chi connectivity index (χ4v) is 4.08. The summed E-state index contributed by atoms with van der Waals surface area (Å²) < 4.78 is 0. The molecule has 18 heavy (non-hydrogen) atoms. The molecule has 4 heteroatoms. The van der Waals surface area contributed by atoms with Crippen LogP contribution in [0.5, 0.6) is 0 Å². The zero-order chi connectivity index (χ0) is 12.5. The van der Waals surface area contributed by atoms with Crippen molar-refractivity contribution in [3.63, 3.8) is 0 Å².